The van der Waals surface area contributed by atoms with Gasteiger partial charge in [0.15, 0.2) is 0 Å². The fourth-order valence-corrected chi connectivity index (χ4v) is 4.51. The molecule has 27 heavy (non-hydrogen) atoms. The quantitative estimate of drug-likeness (QED) is 0.589. The van der Waals surface area contributed by atoms with E-state index in [2.05, 4.69) is 11.4 Å². The number of nitrogens with one attached hydrogen (secondary N) is 1. The number of hydrogen-bond donors (Lipinski definition) is 1. The number of non-ortho nitro benzene ring substituents is 1. The van der Waals surface area contributed by atoms with E-state index in [1.165, 1.54) is 17.0 Å². The number of thioether (sulfide) groups is 1. The predicted octanol–water partition coefficient (Wildman–Crippen LogP) is 4.41. The Morgan fingerprint density at radius 1 is 1.26 bits per heavy atom. The van der Waals surface area contributed by atoms with Gasteiger partial charge in [-0.25, -0.2) is 0 Å². The fraction of sp³-hybridized carbons (Fsp3) is 0.350. The molecule has 0 bridgehead atoms. The summed E-state index contributed by atoms with van der Waals surface area (Å²) in [5.41, 5.74) is 2.11. The van der Waals surface area contributed by atoms with Crippen molar-refractivity contribution in [3.05, 3.63) is 63.7 Å². The zero-order valence-electron chi connectivity index (χ0n) is 15.5. The van der Waals surface area contributed by atoms with Gasteiger partial charge in [0.05, 0.1) is 16.5 Å². The highest BCUT2D eigenvalue weighted by Crippen LogP contribution is 2.36. The number of hydrogen-bond acceptors (Lipinski definition) is 5. The van der Waals surface area contributed by atoms with Crippen molar-refractivity contribution in [2.75, 3.05) is 23.7 Å². The first-order valence-electron chi connectivity index (χ1n) is 9.11. The number of anilines is 1. The van der Waals surface area contributed by atoms with Crippen LogP contribution in [0.5, 0.6) is 0 Å². The van der Waals surface area contributed by atoms with Gasteiger partial charge < -0.3 is 10.2 Å². The first kappa shape index (κ1) is 19.2. The van der Waals surface area contributed by atoms with Crippen molar-refractivity contribution < 1.29 is 9.72 Å². The summed E-state index contributed by atoms with van der Waals surface area (Å²) in [7, 11) is 0. The second-order valence-electron chi connectivity index (χ2n) is 6.33. The van der Waals surface area contributed by atoms with Crippen molar-refractivity contribution in [1.82, 2.24) is 5.32 Å². The van der Waals surface area contributed by atoms with E-state index in [1.54, 1.807) is 17.8 Å². The molecule has 1 N–H and O–H groups in total. The molecule has 2 aromatic rings. The van der Waals surface area contributed by atoms with E-state index in [1.807, 2.05) is 36.9 Å². The van der Waals surface area contributed by atoms with Crippen LogP contribution < -0.4 is 10.2 Å². The van der Waals surface area contributed by atoms with E-state index < -0.39 is 4.92 Å². The Bertz CT molecular complexity index is 852. The van der Waals surface area contributed by atoms with Gasteiger partial charge in [0.25, 0.3) is 11.6 Å². The molecule has 142 valence electrons. The molecule has 0 radical (unpaired) electrons. The molecular weight excluding hydrogens is 362 g/mol. The smallest absolute Gasteiger partial charge is 0.270 e. The highest BCUT2D eigenvalue weighted by Gasteiger charge is 2.25. The Morgan fingerprint density at radius 3 is 2.70 bits per heavy atom. The average molecular weight is 385 g/mol. The minimum atomic E-state index is -0.463. The van der Waals surface area contributed by atoms with Crippen LogP contribution >= 0.6 is 11.8 Å². The number of nitrogens with zero attached hydrogens (tertiary/aromatic N) is 2. The highest BCUT2D eigenvalue weighted by molar-refractivity contribution is 7.99. The number of nitro benzene ring substituents is 1. The van der Waals surface area contributed by atoms with Crippen molar-refractivity contribution >= 4 is 29.0 Å². The van der Waals surface area contributed by atoms with Gasteiger partial charge >= 0.3 is 0 Å². The Morgan fingerprint density at radius 2 is 2.00 bits per heavy atom. The van der Waals surface area contributed by atoms with E-state index >= 15 is 0 Å². The van der Waals surface area contributed by atoms with Crippen molar-refractivity contribution in [1.29, 1.82) is 0 Å². The highest BCUT2D eigenvalue weighted by atomic mass is 32.2. The summed E-state index contributed by atoms with van der Waals surface area (Å²) in [6, 6.07) is 12.5. The number of carbonyl (C=O) groups is 1. The minimum Gasteiger partial charge on any atom is -0.371 e. The number of fused-ring (bicyclic) bond motifs is 1. The van der Waals surface area contributed by atoms with Crippen LogP contribution in [0.25, 0.3) is 0 Å². The second-order valence-corrected chi connectivity index (χ2v) is 7.47. The van der Waals surface area contributed by atoms with Gasteiger partial charge in [0.1, 0.15) is 0 Å². The minimum absolute atomic E-state index is 0.0735. The summed E-state index contributed by atoms with van der Waals surface area (Å²) < 4.78 is 0. The Kier molecular flexibility index (Phi) is 6.01. The SMILES string of the molecule is CCN(CC)c1ccc([N+](=O)[O-])cc1C(=O)NC1CCSc2ccccc21. The first-order chi connectivity index (χ1) is 13.0. The molecule has 0 aliphatic carbocycles. The second kappa shape index (κ2) is 8.43. The van der Waals surface area contributed by atoms with Gasteiger partial charge in [0, 0.05) is 41.6 Å². The van der Waals surface area contributed by atoms with Crippen LogP contribution in [0, 0.1) is 10.1 Å². The van der Waals surface area contributed by atoms with E-state index in [0.29, 0.717) is 5.56 Å². The summed E-state index contributed by atoms with van der Waals surface area (Å²) in [5.74, 6) is 0.659. The normalized spacial score (nSPS) is 15.7. The van der Waals surface area contributed by atoms with Gasteiger partial charge in [-0.3, -0.25) is 14.9 Å². The molecule has 1 heterocycles. The molecule has 0 saturated heterocycles. The number of nitro groups is 1. The standard InChI is InChI=1S/C20H23N3O3S/c1-3-22(4-2)18-10-9-14(23(25)26)13-16(18)20(24)21-17-11-12-27-19-8-6-5-7-15(17)19/h5-10,13,17H,3-4,11-12H2,1-2H3,(H,21,24). The zero-order valence-corrected chi connectivity index (χ0v) is 16.3. The van der Waals surface area contributed by atoms with E-state index in [4.69, 9.17) is 0 Å². The lowest BCUT2D eigenvalue weighted by Gasteiger charge is -2.27. The van der Waals surface area contributed by atoms with E-state index in [-0.39, 0.29) is 17.6 Å². The third-order valence-corrected chi connectivity index (χ3v) is 5.93. The molecule has 7 heteroatoms. The molecule has 0 aromatic heterocycles. The third-order valence-electron chi connectivity index (χ3n) is 4.80. The summed E-state index contributed by atoms with van der Waals surface area (Å²) in [4.78, 5) is 27.0. The monoisotopic (exact) mass is 385 g/mol. The van der Waals surface area contributed by atoms with Crippen molar-refractivity contribution in [2.45, 2.75) is 31.2 Å². The maximum absolute atomic E-state index is 13.1. The molecule has 1 amide bonds. The van der Waals surface area contributed by atoms with E-state index in [9.17, 15) is 14.9 Å². The summed E-state index contributed by atoms with van der Waals surface area (Å²) in [6.45, 7) is 5.44. The lowest BCUT2D eigenvalue weighted by molar-refractivity contribution is -0.384. The van der Waals surface area contributed by atoms with Crippen molar-refractivity contribution in [2.24, 2.45) is 0 Å². The molecule has 3 rings (SSSR count). The van der Waals surface area contributed by atoms with Crippen molar-refractivity contribution in [3.8, 4) is 0 Å². The molecule has 6 nitrogen and oxygen atoms in total. The Hall–Kier alpha value is -2.54. The number of amides is 1. The summed E-state index contributed by atoms with van der Waals surface area (Å²) in [5, 5.41) is 14.3. The topological polar surface area (TPSA) is 75.5 Å². The number of carbonyl (C=O) groups excluding carboxylic acids is 1. The van der Waals surface area contributed by atoms with Crippen LogP contribution in [-0.2, 0) is 0 Å². The fourth-order valence-electron chi connectivity index (χ4n) is 3.39. The molecule has 1 unspecified atom stereocenters. The Balaban J connectivity index is 1.94. The van der Waals surface area contributed by atoms with Gasteiger partial charge in [-0.15, -0.1) is 11.8 Å². The molecule has 0 saturated carbocycles. The van der Waals surface area contributed by atoms with Crippen LogP contribution in [-0.4, -0.2) is 29.7 Å². The van der Waals surface area contributed by atoms with Gasteiger partial charge in [-0.05, 0) is 38.0 Å². The molecule has 0 spiro atoms. The molecule has 2 aromatic carbocycles. The molecule has 1 aliphatic heterocycles. The maximum Gasteiger partial charge on any atom is 0.270 e. The van der Waals surface area contributed by atoms with Crippen LogP contribution in [0.2, 0.25) is 0 Å². The van der Waals surface area contributed by atoms with Gasteiger partial charge in [-0.1, -0.05) is 18.2 Å². The number of rotatable bonds is 6. The predicted molar refractivity (Wildman–Crippen MR) is 109 cm³/mol. The molecule has 1 aliphatic rings. The molecule has 0 fully saturated rings. The first-order valence-corrected chi connectivity index (χ1v) is 10.1. The van der Waals surface area contributed by atoms with Crippen LogP contribution in [0.3, 0.4) is 0 Å². The molecular formula is C20H23N3O3S. The Labute approximate surface area is 163 Å². The maximum atomic E-state index is 13.1. The van der Waals surface area contributed by atoms with E-state index in [0.717, 1.165) is 36.5 Å². The summed E-state index contributed by atoms with van der Waals surface area (Å²) >= 11 is 1.79. The third kappa shape index (κ3) is 4.08. The lowest BCUT2D eigenvalue weighted by atomic mass is 10.0. The summed E-state index contributed by atoms with van der Waals surface area (Å²) in [6.07, 6.45) is 0.836. The largest absolute Gasteiger partial charge is 0.371 e. The number of benzene rings is 2. The average Bonchev–Trinajstić information content (AvgIpc) is 2.69. The zero-order chi connectivity index (χ0) is 19.4. The van der Waals surface area contributed by atoms with Crippen LogP contribution in [0.15, 0.2) is 47.4 Å². The van der Waals surface area contributed by atoms with Gasteiger partial charge in [0.2, 0.25) is 0 Å². The molecule has 1 atom stereocenters. The van der Waals surface area contributed by atoms with Gasteiger partial charge in [-0.2, -0.15) is 0 Å². The van der Waals surface area contributed by atoms with Crippen molar-refractivity contribution in [3.63, 3.8) is 0 Å². The lowest BCUT2D eigenvalue weighted by Crippen LogP contribution is -2.33. The van der Waals surface area contributed by atoms with Crippen LogP contribution in [0.4, 0.5) is 11.4 Å². The van der Waals surface area contributed by atoms with Crippen LogP contribution in [0.1, 0.15) is 42.2 Å².